The van der Waals surface area contributed by atoms with Crippen LogP contribution in [0.15, 0.2) is 6.07 Å². The molecular formula is C13H17Cl2NOS. The number of hydrogen-bond donors (Lipinski definition) is 0. The van der Waals surface area contributed by atoms with Crippen LogP contribution in [0.5, 0.6) is 0 Å². The fraction of sp³-hybridized carbons (Fsp3) is 0.615. The van der Waals surface area contributed by atoms with Crippen LogP contribution in [0.1, 0.15) is 30.6 Å². The fourth-order valence-electron chi connectivity index (χ4n) is 2.74. The topological polar surface area (TPSA) is 20.3 Å². The van der Waals surface area contributed by atoms with Crippen LogP contribution in [-0.2, 0) is 0 Å². The highest BCUT2D eigenvalue weighted by molar-refractivity contribution is 7.20. The highest BCUT2D eigenvalue weighted by Gasteiger charge is 2.24. The van der Waals surface area contributed by atoms with Crippen LogP contribution < -0.4 is 0 Å². The summed E-state index contributed by atoms with van der Waals surface area (Å²) in [6.45, 7) is 6.90. The van der Waals surface area contributed by atoms with E-state index in [1.807, 2.05) is 0 Å². The van der Waals surface area contributed by atoms with Crippen molar-refractivity contribution in [3.05, 3.63) is 20.3 Å². The molecule has 1 aliphatic heterocycles. The molecule has 0 saturated carbocycles. The first-order valence-corrected chi connectivity index (χ1v) is 7.73. The Morgan fingerprint density at radius 3 is 2.50 bits per heavy atom. The van der Waals surface area contributed by atoms with E-state index in [9.17, 15) is 4.79 Å². The number of carbonyl (C=O) groups is 1. The predicted octanol–water partition coefficient (Wildman–Crippen LogP) is 4.22. The maximum absolute atomic E-state index is 12.2. The molecule has 2 unspecified atom stereocenters. The normalized spacial score (nSPS) is 25.3. The first-order valence-electron chi connectivity index (χ1n) is 6.16. The van der Waals surface area contributed by atoms with E-state index in [0.717, 1.165) is 13.1 Å². The Balaban J connectivity index is 2.01. The highest BCUT2D eigenvalue weighted by Crippen LogP contribution is 2.31. The third-order valence-electron chi connectivity index (χ3n) is 3.27. The molecule has 2 rings (SSSR count). The molecule has 2 heterocycles. The second-order valence-corrected chi connectivity index (χ2v) is 7.59. The summed E-state index contributed by atoms with van der Waals surface area (Å²) in [5, 5.41) is 0. The Morgan fingerprint density at radius 1 is 1.39 bits per heavy atom. The van der Waals surface area contributed by atoms with Gasteiger partial charge in [0.2, 0.25) is 0 Å². The number of halogens is 2. The largest absolute Gasteiger partial charge is 0.295 e. The van der Waals surface area contributed by atoms with Gasteiger partial charge in [-0.1, -0.05) is 37.0 Å². The molecule has 0 amide bonds. The first kappa shape index (κ1) is 14.3. The number of thiophene rings is 1. The van der Waals surface area contributed by atoms with E-state index in [1.54, 1.807) is 6.07 Å². The summed E-state index contributed by atoms with van der Waals surface area (Å²) in [5.74, 6) is 1.38. The smallest absolute Gasteiger partial charge is 0.179 e. The van der Waals surface area contributed by atoms with Gasteiger partial charge in [-0.25, -0.2) is 0 Å². The molecule has 18 heavy (non-hydrogen) atoms. The Labute approximate surface area is 122 Å². The molecule has 0 bridgehead atoms. The van der Waals surface area contributed by atoms with E-state index in [4.69, 9.17) is 23.2 Å². The highest BCUT2D eigenvalue weighted by atomic mass is 35.5. The number of carbonyl (C=O) groups excluding carboxylic acids is 1. The maximum Gasteiger partial charge on any atom is 0.179 e. The van der Waals surface area contributed by atoms with Crippen molar-refractivity contribution >= 4 is 40.3 Å². The van der Waals surface area contributed by atoms with Gasteiger partial charge in [-0.2, -0.15) is 0 Å². The average molecular weight is 306 g/mol. The van der Waals surface area contributed by atoms with Crippen LogP contribution in [0.2, 0.25) is 8.67 Å². The van der Waals surface area contributed by atoms with Gasteiger partial charge in [-0.05, 0) is 24.3 Å². The van der Waals surface area contributed by atoms with Gasteiger partial charge in [-0.3, -0.25) is 9.69 Å². The second kappa shape index (κ2) is 5.91. The van der Waals surface area contributed by atoms with E-state index in [1.165, 1.54) is 17.8 Å². The monoisotopic (exact) mass is 305 g/mol. The molecule has 0 aliphatic carbocycles. The van der Waals surface area contributed by atoms with Crippen molar-refractivity contribution in [1.29, 1.82) is 0 Å². The van der Waals surface area contributed by atoms with E-state index in [0.29, 0.717) is 32.6 Å². The standard InChI is InChI=1S/C13H17Cl2NOS/c1-8-3-9(2)6-16(5-8)7-11(17)10-4-12(14)18-13(10)15/h4,8-9H,3,5-7H2,1-2H3. The molecule has 0 spiro atoms. The summed E-state index contributed by atoms with van der Waals surface area (Å²) in [6, 6.07) is 1.67. The summed E-state index contributed by atoms with van der Waals surface area (Å²) in [7, 11) is 0. The van der Waals surface area contributed by atoms with Crippen LogP contribution >= 0.6 is 34.5 Å². The van der Waals surface area contributed by atoms with Crippen molar-refractivity contribution in [2.24, 2.45) is 11.8 Å². The molecule has 1 aliphatic rings. The molecule has 5 heteroatoms. The summed E-state index contributed by atoms with van der Waals surface area (Å²) < 4.78 is 1.08. The lowest BCUT2D eigenvalue weighted by molar-refractivity contribution is 0.0850. The summed E-state index contributed by atoms with van der Waals surface area (Å²) in [4.78, 5) is 14.4. The van der Waals surface area contributed by atoms with Crippen molar-refractivity contribution < 1.29 is 4.79 Å². The molecule has 100 valence electrons. The lowest BCUT2D eigenvalue weighted by atomic mass is 9.91. The van der Waals surface area contributed by atoms with Crippen molar-refractivity contribution in [2.45, 2.75) is 20.3 Å². The third kappa shape index (κ3) is 3.47. The summed E-state index contributed by atoms with van der Waals surface area (Å²) in [5.41, 5.74) is 0.567. The van der Waals surface area contributed by atoms with Crippen LogP contribution in [0.3, 0.4) is 0 Å². The van der Waals surface area contributed by atoms with Crippen LogP contribution in [0.4, 0.5) is 0 Å². The predicted molar refractivity (Wildman–Crippen MR) is 78.1 cm³/mol. The Bertz CT molecular complexity index is 436. The summed E-state index contributed by atoms with van der Waals surface area (Å²) >= 11 is 13.1. The zero-order valence-electron chi connectivity index (χ0n) is 10.6. The number of Topliss-reactive ketones (excluding diaryl/α,β-unsaturated/α-hetero) is 1. The van der Waals surface area contributed by atoms with Crippen molar-refractivity contribution in [3.63, 3.8) is 0 Å². The Hall–Kier alpha value is -0.0900. The number of nitrogens with zero attached hydrogens (tertiary/aromatic N) is 1. The van der Waals surface area contributed by atoms with Gasteiger partial charge in [-0.15, -0.1) is 11.3 Å². The van der Waals surface area contributed by atoms with Gasteiger partial charge in [0.25, 0.3) is 0 Å². The molecule has 0 aromatic carbocycles. The van der Waals surface area contributed by atoms with Gasteiger partial charge in [0.15, 0.2) is 5.78 Å². The molecule has 1 aromatic heterocycles. The molecule has 1 aromatic rings. The Morgan fingerprint density at radius 2 is 2.00 bits per heavy atom. The average Bonchev–Trinajstić information content (AvgIpc) is 2.56. The van der Waals surface area contributed by atoms with E-state index in [2.05, 4.69) is 18.7 Å². The van der Waals surface area contributed by atoms with E-state index < -0.39 is 0 Å². The third-order valence-corrected chi connectivity index (χ3v) is 4.76. The molecule has 1 saturated heterocycles. The summed E-state index contributed by atoms with van der Waals surface area (Å²) in [6.07, 6.45) is 1.25. The number of ketones is 1. The lowest BCUT2D eigenvalue weighted by Crippen LogP contribution is -2.41. The number of hydrogen-bond acceptors (Lipinski definition) is 3. The number of piperidine rings is 1. The zero-order chi connectivity index (χ0) is 13.3. The van der Waals surface area contributed by atoms with Crippen molar-refractivity contribution in [3.8, 4) is 0 Å². The van der Waals surface area contributed by atoms with Crippen LogP contribution in [0.25, 0.3) is 0 Å². The van der Waals surface area contributed by atoms with Crippen molar-refractivity contribution in [1.82, 2.24) is 4.90 Å². The lowest BCUT2D eigenvalue weighted by Gasteiger charge is -2.34. The second-order valence-electron chi connectivity index (χ2n) is 5.30. The first-order chi connectivity index (χ1) is 8.45. The maximum atomic E-state index is 12.2. The zero-order valence-corrected chi connectivity index (χ0v) is 12.9. The molecule has 1 fully saturated rings. The molecule has 2 atom stereocenters. The molecule has 2 nitrogen and oxygen atoms in total. The minimum atomic E-state index is 0.0736. The van der Waals surface area contributed by atoms with Crippen molar-refractivity contribution in [2.75, 3.05) is 19.6 Å². The fourth-order valence-corrected chi connectivity index (χ4v) is 4.24. The van der Waals surface area contributed by atoms with Gasteiger partial charge >= 0.3 is 0 Å². The van der Waals surface area contributed by atoms with E-state index >= 15 is 0 Å². The van der Waals surface area contributed by atoms with Gasteiger partial charge in [0.05, 0.1) is 16.4 Å². The van der Waals surface area contributed by atoms with Gasteiger partial charge < -0.3 is 0 Å². The Kier molecular flexibility index (Phi) is 4.70. The van der Waals surface area contributed by atoms with Gasteiger partial charge in [0, 0.05) is 13.1 Å². The quantitative estimate of drug-likeness (QED) is 0.779. The minimum absolute atomic E-state index is 0.0736. The number of rotatable bonds is 3. The van der Waals surface area contributed by atoms with Crippen LogP contribution in [0, 0.1) is 11.8 Å². The molecule has 0 radical (unpaired) electrons. The van der Waals surface area contributed by atoms with Crippen LogP contribution in [-0.4, -0.2) is 30.3 Å². The minimum Gasteiger partial charge on any atom is -0.295 e. The molecular weight excluding hydrogens is 289 g/mol. The number of likely N-dealkylation sites (tertiary alicyclic amines) is 1. The SMILES string of the molecule is CC1CC(C)CN(CC(=O)c2cc(Cl)sc2Cl)C1. The molecule has 0 N–H and O–H groups in total. The van der Waals surface area contributed by atoms with Gasteiger partial charge in [0.1, 0.15) is 4.34 Å². The van der Waals surface area contributed by atoms with E-state index in [-0.39, 0.29) is 5.78 Å².